The smallest absolute Gasteiger partial charge is 0.240 e. The highest BCUT2D eigenvalue weighted by Gasteiger charge is 2.31. The molecule has 2 rings (SSSR count). The van der Waals surface area contributed by atoms with Crippen molar-refractivity contribution >= 4 is 17.7 Å². The molecule has 0 bridgehead atoms. The molecular formula is C11H20N2OS. The average Bonchev–Trinajstić information content (AvgIpc) is 2.62. The topological polar surface area (TPSA) is 32.3 Å². The fourth-order valence-corrected chi connectivity index (χ4v) is 3.60. The van der Waals surface area contributed by atoms with Gasteiger partial charge in [-0.05, 0) is 25.0 Å². The van der Waals surface area contributed by atoms with Crippen LogP contribution in [0, 0.1) is 0 Å². The number of hydrogen-bond acceptors (Lipinski definition) is 3. The Kier molecular flexibility index (Phi) is 3.92. The molecule has 3 nitrogen and oxygen atoms in total. The Hall–Kier alpha value is -0.220. The molecule has 1 N–H and O–H groups in total. The third kappa shape index (κ3) is 2.67. The molecule has 0 spiro atoms. The van der Waals surface area contributed by atoms with Gasteiger partial charge in [0.2, 0.25) is 5.91 Å². The van der Waals surface area contributed by atoms with E-state index in [9.17, 15) is 4.79 Å². The van der Waals surface area contributed by atoms with Crippen molar-refractivity contribution < 1.29 is 4.79 Å². The lowest BCUT2D eigenvalue weighted by molar-refractivity contribution is -0.128. The number of nitrogens with zero attached hydrogens (tertiary/aromatic N) is 1. The summed E-state index contributed by atoms with van der Waals surface area (Å²) in [6.07, 6.45) is 4.88. The molecule has 2 fully saturated rings. The summed E-state index contributed by atoms with van der Waals surface area (Å²) in [5.74, 6) is 1.58. The molecule has 15 heavy (non-hydrogen) atoms. The summed E-state index contributed by atoms with van der Waals surface area (Å²) in [7, 11) is 0. The van der Waals surface area contributed by atoms with Crippen LogP contribution in [0.5, 0.6) is 0 Å². The highest BCUT2D eigenvalue weighted by Crippen LogP contribution is 2.26. The Morgan fingerprint density at radius 3 is 3.00 bits per heavy atom. The van der Waals surface area contributed by atoms with Gasteiger partial charge in [0, 0.05) is 11.8 Å². The Labute approximate surface area is 96.0 Å². The predicted octanol–water partition coefficient (Wildman–Crippen LogP) is 1.44. The molecular weight excluding hydrogens is 208 g/mol. The van der Waals surface area contributed by atoms with Gasteiger partial charge in [0.1, 0.15) is 0 Å². The van der Waals surface area contributed by atoms with Gasteiger partial charge in [-0.1, -0.05) is 13.3 Å². The van der Waals surface area contributed by atoms with Crippen LogP contribution in [0.15, 0.2) is 0 Å². The number of thioether (sulfide) groups is 1. The fraction of sp³-hybridized carbons (Fsp3) is 0.909. The number of hydrogen-bond donors (Lipinski definition) is 1. The van der Waals surface area contributed by atoms with Crippen molar-refractivity contribution in [3.05, 3.63) is 0 Å². The van der Waals surface area contributed by atoms with Gasteiger partial charge in [-0.15, -0.1) is 0 Å². The molecule has 2 atom stereocenters. The summed E-state index contributed by atoms with van der Waals surface area (Å²) in [6.45, 7) is 3.77. The van der Waals surface area contributed by atoms with Crippen molar-refractivity contribution in [1.82, 2.24) is 10.2 Å². The van der Waals surface area contributed by atoms with E-state index in [1.165, 1.54) is 25.0 Å². The van der Waals surface area contributed by atoms with Crippen LogP contribution < -0.4 is 5.32 Å². The first-order valence-electron chi connectivity index (χ1n) is 5.95. The second-order valence-corrected chi connectivity index (χ2v) is 5.78. The maximum absolute atomic E-state index is 11.9. The molecule has 0 aromatic carbocycles. The van der Waals surface area contributed by atoms with Gasteiger partial charge in [0.05, 0.1) is 12.7 Å². The third-order valence-electron chi connectivity index (χ3n) is 3.24. The standard InChI is InChI=1S/C11H20N2OS/c1-2-10-11(14)13(8-12-10)7-9-5-3-4-6-15-9/h9-10,12H,2-8H2,1H3. The van der Waals surface area contributed by atoms with Gasteiger partial charge < -0.3 is 4.90 Å². The molecule has 2 aliphatic heterocycles. The zero-order chi connectivity index (χ0) is 10.7. The fourth-order valence-electron chi connectivity index (χ4n) is 2.28. The molecule has 0 saturated carbocycles. The molecule has 2 saturated heterocycles. The van der Waals surface area contributed by atoms with Crippen molar-refractivity contribution in [2.24, 2.45) is 0 Å². The average molecular weight is 228 g/mol. The molecule has 0 aliphatic carbocycles. The molecule has 0 aromatic heterocycles. The minimum Gasteiger partial charge on any atom is -0.327 e. The van der Waals surface area contributed by atoms with Gasteiger partial charge in [-0.25, -0.2) is 0 Å². The summed E-state index contributed by atoms with van der Waals surface area (Å²) < 4.78 is 0. The quantitative estimate of drug-likeness (QED) is 0.793. The maximum atomic E-state index is 11.9. The van der Waals surface area contributed by atoms with Crippen LogP contribution >= 0.6 is 11.8 Å². The number of carbonyl (C=O) groups excluding carboxylic acids is 1. The Morgan fingerprint density at radius 1 is 1.53 bits per heavy atom. The highest BCUT2D eigenvalue weighted by molar-refractivity contribution is 7.99. The lowest BCUT2D eigenvalue weighted by atomic mass is 10.1. The summed E-state index contributed by atoms with van der Waals surface area (Å²) >= 11 is 2.04. The largest absolute Gasteiger partial charge is 0.327 e. The van der Waals surface area contributed by atoms with Crippen molar-refractivity contribution in [2.45, 2.75) is 43.9 Å². The first kappa shape index (κ1) is 11.3. The van der Waals surface area contributed by atoms with Gasteiger partial charge in [-0.2, -0.15) is 11.8 Å². The van der Waals surface area contributed by atoms with Crippen molar-refractivity contribution in [3.63, 3.8) is 0 Å². The molecule has 2 heterocycles. The van der Waals surface area contributed by atoms with Crippen molar-refractivity contribution in [3.8, 4) is 0 Å². The minimum atomic E-state index is 0.0820. The van der Waals surface area contributed by atoms with Crippen LogP contribution in [0.2, 0.25) is 0 Å². The van der Waals surface area contributed by atoms with Gasteiger partial charge >= 0.3 is 0 Å². The zero-order valence-electron chi connectivity index (χ0n) is 9.37. The molecule has 4 heteroatoms. The predicted molar refractivity (Wildman–Crippen MR) is 63.9 cm³/mol. The molecule has 0 aromatic rings. The second kappa shape index (κ2) is 5.21. The summed E-state index contributed by atoms with van der Waals surface area (Å²) in [6, 6.07) is 0.0820. The normalized spacial score (nSPS) is 32.3. The van der Waals surface area contributed by atoms with E-state index in [0.29, 0.717) is 11.2 Å². The summed E-state index contributed by atoms with van der Waals surface area (Å²) in [5.41, 5.74) is 0. The van der Waals surface area contributed by atoms with E-state index in [4.69, 9.17) is 0 Å². The SMILES string of the molecule is CCC1NCN(CC2CCCCS2)C1=O. The van der Waals surface area contributed by atoms with Gasteiger partial charge in [0.25, 0.3) is 0 Å². The van der Waals surface area contributed by atoms with Crippen LogP contribution in [0.4, 0.5) is 0 Å². The lowest BCUT2D eigenvalue weighted by Crippen LogP contribution is -2.35. The van der Waals surface area contributed by atoms with E-state index >= 15 is 0 Å². The molecule has 1 amide bonds. The molecule has 2 unspecified atom stereocenters. The first-order valence-corrected chi connectivity index (χ1v) is 7.00. The van der Waals surface area contributed by atoms with Gasteiger partial charge in [0.15, 0.2) is 0 Å². The van der Waals surface area contributed by atoms with E-state index in [2.05, 4.69) is 12.2 Å². The highest BCUT2D eigenvalue weighted by atomic mass is 32.2. The molecule has 86 valence electrons. The second-order valence-electron chi connectivity index (χ2n) is 4.37. The van der Waals surface area contributed by atoms with E-state index in [1.54, 1.807) is 0 Å². The van der Waals surface area contributed by atoms with E-state index in [-0.39, 0.29) is 6.04 Å². The number of nitrogens with one attached hydrogen (secondary N) is 1. The van der Waals surface area contributed by atoms with E-state index < -0.39 is 0 Å². The van der Waals surface area contributed by atoms with Crippen LogP contribution in [-0.2, 0) is 4.79 Å². The van der Waals surface area contributed by atoms with E-state index in [1.807, 2.05) is 16.7 Å². The Bertz CT molecular complexity index is 229. The number of amides is 1. The van der Waals surface area contributed by atoms with Crippen LogP contribution in [-0.4, -0.2) is 41.1 Å². The van der Waals surface area contributed by atoms with Crippen molar-refractivity contribution in [1.29, 1.82) is 0 Å². The van der Waals surface area contributed by atoms with Gasteiger partial charge in [-0.3, -0.25) is 10.1 Å². The Balaban J connectivity index is 1.82. The van der Waals surface area contributed by atoms with E-state index in [0.717, 1.165) is 19.6 Å². The number of carbonyl (C=O) groups is 1. The summed E-state index contributed by atoms with van der Waals surface area (Å²) in [5, 5.41) is 3.94. The molecule has 0 radical (unpaired) electrons. The van der Waals surface area contributed by atoms with Crippen LogP contribution in [0.1, 0.15) is 32.6 Å². The van der Waals surface area contributed by atoms with Crippen LogP contribution in [0.25, 0.3) is 0 Å². The number of rotatable bonds is 3. The summed E-state index contributed by atoms with van der Waals surface area (Å²) in [4.78, 5) is 13.9. The third-order valence-corrected chi connectivity index (χ3v) is 4.63. The lowest BCUT2D eigenvalue weighted by Gasteiger charge is -2.26. The minimum absolute atomic E-state index is 0.0820. The first-order chi connectivity index (χ1) is 7.31. The van der Waals surface area contributed by atoms with Crippen LogP contribution in [0.3, 0.4) is 0 Å². The van der Waals surface area contributed by atoms with Crippen molar-refractivity contribution in [2.75, 3.05) is 19.0 Å². The molecule has 2 aliphatic rings. The Morgan fingerprint density at radius 2 is 2.40 bits per heavy atom. The zero-order valence-corrected chi connectivity index (χ0v) is 10.2. The monoisotopic (exact) mass is 228 g/mol. The maximum Gasteiger partial charge on any atom is 0.240 e.